The van der Waals surface area contributed by atoms with Crippen LogP contribution in [0.3, 0.4) is 0 Å². The zero-order chi connectivity index (χ0) is 12.3. The van der Waals surface area contributed by atoms with Crippen molar-refractivity contribution in [3.8, 4) is 0 Å². The first-order chi connectivity index (χ1) is 8.26. The maximum absolute atomic E-state index is 4.69. The van der Waals surface area contributed by atoms with Gasteiger partial charge >= 0.3 is 0 Å². The summed E-state index contributed by atoms with van der Waals surface area (Å²) in [4.78, 5) is 4.69. The summed E-state index contributed by atoms with van der Waals surface area (Å²) in [7, 11) is 2.00. The first kappa shape index (κ1) is 12.1. The van der Waals surface area contributed by atoms with Gasteiger partial charge in [0.2, 0.25) is 0 Å². The van der Waals surface area contributed by atoms with Crippen LogP contribution in [-0.2, 0) is 13.0 Å². The number of fused-ring (bicyclic) bond motifs is 1. The molecule has 1 aromatic carbocycles. The molecule has 0 spiro atoms. The highest BCUT2D eigenvalue weighted by molar-refractivity contribution is 5.75. The van der Waals surface area contributed by atoms with Crippen molar-refractivity contribution >= 4 is 11.0 Å². The highest BCUT2D eigenvalue weighted by Crippen LogP contribution is 2.17. The van der Waals surface area contributed by atoms with Gasteiger partial charge < -0.3 is 9.88 Å². The Kier molecular flexibility index (Phi) is 3.79. The molecule has 0 aliphatic heterocycles. The second-order valence-electron chi connectivity index (χ2n) is 4.64. The van der Waals surface area contributed by atoms with Gasteiger partial charge in [-0.05, 0) is 31.6 Å². The van der Waals surface area contributed by atoms with Crippen LogP contribution in [0.15, 0.2) is 24.3 Å². The average molecular weight is 231 g/mol. The summed E-state index contributed by atoms with van der Waals surface area (Å²) in [6.45, 7) is 6.51. The molecule has 0 saturated carbocycles. The summed E-state index contributed by atoms with van der Waals surface area (Å²) in [5.74, 6) is 1.80. The molecule has 0 radical (unpaired) electrons. The van der Waals surface area contributed by atoms with E-state index in [9.17, 15) is 0 Å². The summed E-state index contributed by atoms with van der Waals surface area (Å²) >= 11 is 0. The highest BCUT2D eigenvalue weighted by atomic mass is 15.1. The third-order valence-electron chi connectivity index (χ3n) is 3.10. The molecule has 1 unspecified atom stereocenters. The van der Waals surface area contributed by atoms with E-state index in [2.05, 4.69) is 53.0 Å². The van der Waals surface area contributed by atoms with Crippen LogP contribution in [0.1, 0.15) is 19.7 Å². The predicted octanol–water partition coefficient (Wildman–Crippen LogP) is 2.45. The minimum absolute atomic E-state index is 0.614. The van der Waals surface area contributed by atoms with Crippen LogP contribution in [0, 0.1) is 5.92 Å². The van der Waals surface area contributed by atoms with Crippen molar-refractivity contribution in [3.63, 3.8) is 0 Å². The molecule has 0 aliphatic carbocycles. The van der Waals surface area contributed by atoms with Crippen molar-refractivity contribution in [1.29, 1.82) is 0 Å². The molecular weight excluding hydrogens is 210 g/mol. The van der Waals surface area contributed by atoms with Gasteiger partial charge in [0.05, 0.1) is 11.0 Å². The van der Waals surface area contributed by atoms with Crippen molar-refractivity contribution < 1.29 is 0 Å². The van der Waals surface area contributed by atoms with Crippen LogP contribution in [-0.4, -0.2) is 23.1 Å². The molecule has 1 atom stereocenters. The van der Waals surface area contributed by atoms with Crippen molar-refractivity contribution in [2.24, 2.45) is 5.92 Å². The van der Waals surface area contributed by atoms with E-state index in [4.69, 9.17) is 0 Å². The van der Waals surface area contributed by atoms with Gasteiger partial charge in [-0.25, -0.2) is 4.98 Å². The van der Waals surface area contributed by atoms with E-state index < -0.39 is 0 Å². The molecule has 0 fully saturated rings. The Balaban J connectivity index is 2.36. The van der Waals surface area contributed by atoms with Gasteiger partial charge in [0.15, 0.2) is 0 Å². The Labute approximate surface area is 103 Å². The third-order valence-corrected chi connectivity index (χ3v) is 3.10. The van der Waals surface area contributed by atoms with Crippen LogP contribution in [0.25, 0.3) is 11.0 Å². The zero-order valence-electron chi connectivity index (χ0n) is 10.9. The van der Waals surface area contributed by atoms with Crippen LogP contribution < -0.4 is 5.32 Å². The molecule has 1 N–H and O–H groups in total. The lowest BCUT2D eigenvalue weighted by Gasteiger charge is -2.14. The fourth-order valence-corrected chi connectivity index (χ4v) is 2.32. The number of aryl methyl sites for hydroxylation is 1. The van der Waals surface area contributed by atoms with Crippen LogP contribution >= 0.6 is 0 Å². The third kappa shape index (κ3) is 2.50. The molecule has 3 nitrogen and oxygen atoms in total. The molecule has 0 amide bonds. The number of benzene rings is 1. The summed E-state index contributed by atoms with van der Waals surface area (Å²) < 4.78 is 2.36. The minimum Gasteiger partial charge on any atom is -0.328 e. The first-order valence-corrected chi connectivity index (χ1v) is 6.35. The first-order valence-electron chi connectivity index (χ1n) is 6.35. The Bertz CT molecular complexity index is 487. The SMILES string of the molecule is CCc1nc2ccccc2n1CC(C)CNC. The Morgan fingerprint density at radius 1 is 1.35 bits per heavy atom. The van der Waals surface area contributed by atoms with E-state index in [1.807, 2.05) is 7.05 Å². The lowest BCUT2D eigenvalue weighted by atomic mass is 10.1. The van der Waals surface area contributed by atoms with E-state index >= 15 is 0 Å². The monoisotopic (exact) mass is 231 g/mol. The summed E-state index contributed by atoms with van der Waals surface area (Å²) in [5, 5.41) is 3.23. The fourth-order valence-electron chi connectivity index (χ4n) is 2.32. The Hall–Kier alpha value is -1.35. The van der Waals surface area contributed by atoms with Gasteiger partial charge in [0, 0.05) is 13.0 Å². The Morgan fingerprint density at radius 2 is 2.12 bits per heavy atom. The van der Waals surface area contributed by atoms with Crippen molar-refractivity contribution in [2.45, 2.75) is 26.8 Å². The van der Waals surface area contributed by atoms with Crippen molar-refractivity contribution in [1.82, 2.24) is 14.9 Å². The van der Waals surface area contributed by atoms with E-state index in [0.29, 0.717) is 5.92 Å². The highest BCUT2D eigenvalue weighted by Gasteiger charge is 2.11. The molecule has 0 saturated heterocycles. The summed E-state index contributed by atoms with van der Waals surface area (Å²) in [5.41, 5.74) is 2.37. The van der Waals surface area contributed by atoms with Crippen LogP contribution in [0.4, 0.5) is 0 Å². The number of hydrogen-bond acceptors (Lipinski definition) is 2. The average Bonchev–Trinajstić information content (AvgIpc) is 2.68. The number of aromatic nitrogens is 2. The molecule has 92 valence electrons. The number of imidazole rings is 1. The van der Waals surface area contributed by atoms with Gasteiger partial charge in [0.1, 0.15) is 5.82 Å². The summed E-state index contributed by atoms with van der Waals surface area (Å²) in [6.07, 6.45) is 0.987. The van der Waals surface area contributed by atoms with Gasteiger partial charge in [-0.2, -0.15) is 0 Å². The fraction of sp³-hybridized carbons (Fsp3) is 0.500. The topological polar surface area (TPSA) is 29.9 Å². The van der Waals surface area contributed by atoms with E-state index in [1.54, 1.807) is 0 Å². The summed E-state index contributed by atoms with van der Waals surface area (Å²) in [6, 6.07) is 8.39. The second-order valence-corrected chi connectivity index (χ2v) is 4.64. The number of hydrogen-bond donors (Lipinski definition) is 1. The zero-order valence-corrected chi connectivity index (χ0v) is 10.9. The lowest BCUT2D eigenvalue weighted by Crippen LogP contribution is -2.21. The van der Waals surface area contributed by atoms with Crippen LogP contribution in [0.5, 0.6) is 0 Å². The van der Waals surface area contributed by atoms with E-state index in [1.165, 1.54) is 11.3 Å². The molecular formula is C14H21N3. The van der Waals surface area contributed by atoms with Gasteiger partial charge in [-0.1, -0.05) is 26.0 Å². The largest absolute Gasteiger partial charge is 0.328 e. The molecule has 17 heavy (non-hydrogen) atoms. The number of nitrogens with zero attached hydrogens (tertiary/aromatic N) is 2. The van der Waals surface area contributed by atoms with Gasteiger partial charge in [0.25, 0.3) is 0 Å². The number of para-hydroxylation sites is 2. The molecule has 0 aliphatic rings. The standard InChI is InChI=1S/C14H21N3/c1-4-14-16-12-7-5-6-8-13(12)17(14)10-11(2)9-15-3/h5-8,11,15H,4,9-10H2,1-3H3. The normalized spacial score (nSPS) is 13.1. The molecule has 2 aromatic rings. The molecule has 0 bridgehead atoms. The van der Waals surface area contributed by atoms with Crippen molar-refractivity contribution in [3.05, 3.63) is 30.1 Å². The molecule has 1 heterocycles. The molecule has 1 aromatic heterocycles. The minimum atomic E-state index is 0.614. The van der Waals surface area contributed by atoms with Crippen LogP contribution in [0.2, 0.25) is 0 Å². The maximum atomic E-state index is 4.69. The van der Waals surface area contributed by atoms with Crippen molar-refractivity contribution in [2.75, 3.05) is 13.6 Å². The number of rotatable bonds is 5. The van der Waals surface area contributed by atoms with E-state index in [-0.39, 0.29) is 0 Å². The number of nitrogens with one attached hydrogen (secondary N) is 1. The van der Waals surface area contributed by atoms with E-state index in [0.717, 1.165) is 25.0 Å². The second kappa shape index (κ2) is 5.32. The quantitative estimate of drug-likeness (QED) is 0.856. The maximum Gasteiger partial charge on any atom is 0.109 e. The lowest BCUT2D eigenvalue weighted by molar-refractivity contribution is 0.460. The Morgan fingerprint density at radius 3 is 2.82 bits per heavy atom. The predicted molar refractivity (Wildman–Crippen MR) is 72.2 cm³/mol. The molecule has 3 heteroatoms. The smallest absolute Gasteiger partial charge is 0.109 e. The van der Waals surface area contributed by atoms with Gasteiger partial charge in [-0.15, -0.1) is 0 Å². The van der Waals surface area contributed by atoms with Gasteiger partial charge in [-0.3, -0.25) is 0 Å². The molecule has 2 rings (SSSR count).